The second-order valence-corrected chi connectivity index (χ2v) is 5.91. The lowest BCUT2D eigenvalue weighted by Crippen LogP contribution is -2.32. The molecule has 1 saturated heterocycles. The van der Waals surface area contributed by atoms with Gasteiger partial charge >= 0.3 is 0 Å². The molecule has 0 spiro atoms. The maximum absolute atomic E-state index is 9.04. The van der Waals surface area contributed by atoms with Gasteiger partial charge < -0.3 is 20.9 Å². The number of hydrogen-bond acceptors (Lipinski definition) is 5. The molecule has 0 amide bonds. The first kappa shape index (κ1) is 16.1. The van der Waals surface area contributed by atoms with Crippen molar-refractivity contribution in [3.8, 4) is 0 Å². The monoisotopic (exact) mass is 356 g/mol. The van der Waals surface area contributed by atoms with Crippen LogP contribution in [0.15, 0.2) is 27.8 Å². The number of amidine groups is 1. The highest BCUT2D eigenvalue weighted by molar-refractivity contribution is 9.10. The minimum absolute atomic E-state index is 0.104. The topological polar surface area (TPSA) is 85.3 Å². The summed E-state index contributed by atoms with van der Waals surface area (Å²) in [7, 11) is 0. The Hall–Kier alpha value is -1.31. The fourth-order valence-electron chi connectivity index (χ4n) is 2.56. The van der Waals surface area contributed by atoms with E-state index in [0.29, 0.717) is 5.56 Å². The molecule has 0 atom stereocenters. The summed E-state index contributed by atoms with van der Waals surface area (Å²) in [5.74, 6) is 0.104. The van der Waals surface area contributed by atoms with E-state index in [1.807, 2.05) is 18.2 Å². The van der Waals surface area contributed by atoms with Crippen molar-refractivity contribution < 1.29 is 10.3 Å². The van der Waals surface area contributed by atoms with E-state index in [2.05, 4.69) is 30.9 Å². The number of aliphatic hydroxyl groups is 1. The van der Waals surface area contributed by atoms with E-state index in [4.69, 9.17) is 16.0 Å². The molecular formula is C14H21BrN4O2. The van der Waals surface area contributed by atoms with E-state index in [1.54, 1.807) is 0 Å². The Labute approximate surface area is 133 Å². The normalized spacial score (nSPS) is 17.8. The van der Waals surface area contributed by atoms with Crippen LogP contribution in [-0.2, 0) is 0 Å². The van der Waals surface area contributed by atoms with Gasteiger partial charge in [-0.05, 0) is 47.1 Å². The number of hydrogen-bond donors (Lipinski definition) is 3. The van der Waals surface area contributed by atoms with Gasteiger partial charge in [0.05, 0.1) is 12.3 Å². The van der Waals surface area contributed by atoms with Crippen LogP contribution in [0.25, 0.3) is 0 Å². The highest BCUT2D eigenvalue weighted by Crippen LogP contribution is 2.28. The van der Waals surface area contributed by atoms with Crippen molar-refractivity contribution in [3.63, 3.8) is 0 Å². The van der Waals surface area contributed by atoms with Crippen LogP contribution in [0.3, 0.4) is 0 Å². The van der Waals surface area contributed by atoms with Gasteiger partial charge in [-0.2, -0.15) is 0 Å². The quantitative estimate of drug-likeness (QED) is 0.325. The molecule has 1 aromatic rings. The van der Waals surface area contributed by atoms with Crippen molar-refractivity contribution in [1.82, 2.24) is 4.90 Å². The maximum atomic E-state index is 9.04. The van der Waals surface area contributed by atoms with E-state index in [-0.39, 0.29) is 12.4 Å². The van der Waals surface area contributed by atoms with E-state index in [9.17, 15) is 0 Å². The van der Waals surface area contributed by atoms with Gasteiger partial charge in [-0.15, -0.1) is 0 Å². The highest BCUT2D eigenvalue weighted by Gasteiger charge is 2.17. The van der Waals surface area contributed by atoms with Gasteiger partial charge in [0.15, 0.2) is 5.84 Å². The molecule has 0 radical (unpaired) electrons. The summed E-state index contributed by atoms with van der Waals surface area (Å²) >= 11 is 3.56. The van der Waals surface area contributed by atoms with Gasteiger partial charge in [-0.25, -0.2) is 0 Å². The van der Waals surface area contributed by atoms with E-state index in [1.165, 1.54) is 0 Å². The predicted molar refractivity (Wildman–Crippen MR) is 87.0 cm³/mol. The van der Waals surface area contributed by atoms with Crippen molar-refractivity contribution in [3.05, 3.63) is 28.2 Å². The van der Waals surface area contributed by atoms with Crippen LogP contribution in [0.2, 0.25) is 0 Å². The number of benzene rings is 1. The Balaban J connectivity index is 2.11. The second-order valence-electron chi connectivity index (χ2n) is 5.06. The summed E-state index contributed by atoms with van der Waals surface area (Å²) < 4.78 is 0.933. The first-order chi connectivity index (χ1) is 10.2. The number of nitrogens with two attached hydrogens (primary N) is 1. The summed E-state index contributed by atoms with van der Waals surface area (Å²) in [6.07, 6.45) is 1.06. The minimum Gasteiger partial charge on any atom is -0.409 e. The van der Waals surface area contributed by atoms with Crippen molar-refractivity contribution in [2.45, 2.75) is 6.42 Å². The van der Waals surface area contributed by atoms with Crippen molar-refractivity contribution in [2.75, 3.05) is 44.2 Å². The van der Waals surface area contributed by atoms with Crippen LogP contribution in [0.5, 0.6) is 0 Å². The molecule has 1 fully saturated rings. The molecule has 4 N–H and O–H groups in total. The number of halogens is 1. The summed E-state index contributed by atoms with van der Waals surface area (Å²) in [4.78, 5) is 4.59. The van der Waals surface area contributed by atoms with E-state index in [0.717, 1.165) is 49.3 Å². The molecule has 1 aliphatic rings. The lowest BCUT2D eigenvalue weighted by Gasteiger charge is -2.25. The van der Waals surface area contributed by atoms with E-state index >= 15 is 0 Å². The van der Waals surface area contributed by atoms with Gasteiger partial charge in [-0.3, -0.25) is 4.90 Å². The number of aliphatic hydroxyl groups excluding tert-OH is 1. The Bertz CT molecular complexity index is 510. The fraction of sp³-hybridized carbons (Fsp3) is 0.500. The summed E-state index contributed by atoms with van der Waals surface area (Å²) in [6.45, 7) is 4.78. The predicted octanol–water partition coefficient (Wildman–Crippen LogP) is 1.05. The zero-order valence-electron chi connectivity index (χ0n) is 11.9. The smallest absolute Gasteiger partial charge is 0.170 e. The Morgan fingerprint density at radius 1 is 1.29 bits per heavy atom. The molecule has 21 heavy (non-hydrogen) atoms. The number of β-amino-alcohol motifs (C(OH)–C–C–N with tert-alkyl or cyclic N) is 1. The third kappa shape index (κ3) is 4.09. The number of nitrogens with zero attached hydrogens (tertiary/aromatic N) is 3. The van der Waals surface area contributed by atoms with Crippen LogP contribution >= 0.6 is 15.9 Å². The lowest BCUT2D eigenvalue weighted by molar-refractivity contribution is 0.204. The zero-order chi connectivity index (χ0) is 15.2. The zero-order valence-corrected chi connectivity index (χ0v) is 13.5. The van der Waals surface area contributed by atoms with Gasteiger partial charge in [-0.1, -0.05) is 5.16 Å². The molecule has 0 aliphatic carbocycles. The summed E-state index contributed by atoms with van der Waals surface area (Å²) in [6, 6.07) is 5.70. The largest absolute Gasteiger partial charge is 0.409 e. The standard InChI is InChI=1S/C14H21BrN4O2/c15-12-10-11(14(16)17-21)2-3-13(12)19-5-1-4-18(6-7-19)8-9-20/h2-3,10,20-21H,1,4-9H2,(H2,16,17). The maximum Gasteiger partial charge on any atom is 0.170 e. The van der Waals surface area contributed by atoms with Gasteiger partial charge in [0.2, 0.25) is 0 Å². The molecule has 116 valence electrons. The highest BCUT2D eigenvalue weighted by atomic mass is 79.9. The van der Waals surface area contributed by atoms with Gasteiger partial charge in [0.1, 0.15) is 0 Å². The molecule has 1 aliphatic heterocycles. The average molecular weight is 357 g/mol. The van der Waals surface area contributed by atoms with Crippen molar-refractivity contribution in [1.29, 1.82) is 0 Å². The van der Waals surface area contributed by atoms with Crippen LogP contribution in [0, 0.1) is 0 Å². The average Bonchev–Trinajstić information content (AvgIpc) is 2.72. The Morgan fingerprint density at radius 2 is 2.10 bits per heavy atom. The molecule has 0 unspecified atom stereocenters. The SMILES string of the molecule is N/C(=N/O)c1ccc(N2CCCN(CCO)CC2)c(Br)c1. The molecule has 0 saturated carbocycles. The third-order valence-corrected chi connectivity index (χ3v) is 4.33. The first-order valence-electron chi connectivity index (χ1n) is 7.01. The molecule has 7 heteroatoms. The molecular weight excluding hydrogens is 336 g/mol. The molecule has 0 aromatic heterocycles. The van der Waals surface area contributed by atoms with Crippen LogP contribution in [0.1, 0.15) is 12.0 Å². The lowest BCUT2D eigenvalue weighted by atomic mass is 10.1. The molecule has 1 aromatic carbocycles. The van der Waals surface area contributed by atoms with Crippen LogP contribution in [-0.4, -0.2) is 60.4 Å². The fourth-order valence-corrected chi connectivity index (χ4v) is 3.19. The number of anilines is 1. The second kappa shape index (κ2) is 7.63. The van der Waals surface area contributed by atoms with Crippen LogP contribution in [0.4, 0.5) is 5.69 Å². The van der Waals surface area contributed by atoms with Crippen molar-refractivity contribution >= 4 is 27.5 Å². The van der Waals surface area contributed by atoms with Gasteiger partial charge in [0.25, 0.3) is 0 Å². The Morgan fingerprint density at radius 3 is 2.76 bits per heavy atom. The third-order valence-electron chi connectivity index (χ3n) is 3.70. The summed E-state index contributed by atoms with van der Waals surface area (Å²) in [5.41, 5.74) is 7.40. The van der Waals surface area contributed by atoms with Crippen molar-refractivity contribution in [2.24, 2.45) is 10.9 Å². The summed E-state index contributed by atoms with van der Waals surface area (Å²) in [5, 5.41) is 20.8. The molecule has 0 bridgehead atoms. The molecule has 6 nitrogen and oxygen atoms in total. The number of rotatable bonds is 4. The van der Waals surface area contributed by atoms with E-state index < -0.39 is 0 Å². The molecule has 1 heterocycles. The van der Waals surface area contributed by atoms with Crippen LogP contribution < -0.4 is 10.6 Å². The molecule has 2 rings (SSSR count). The minimum atomic E-state index is 0.104. The first-order valence-corrected chi connectivity index (χ1v) is 7.80. The van der Waals surface area contributed by atoms with Gasteiger partial charge in [0, 0.05) is 36.2 Å². The number of oxime groups is 1. The Kier molecular flexibility index (Phi) is 5.84.